The highest BCUT2D eigenvalue weighted by atomic mass is 16.5. The second-order valence-corrected chi connectivity index (χ2v) is 11.6. The summed E-state index contributed by atoms with van der Waals surface area (Å²) in [7, 11) is 2.04. The summed E-state index contributed by atoms with van der Waals surface area (Å²) in [6.45, 7) is 13.8. The van der Waals surface area contributed by atoms with Gasteiger partial charge in [0.1, 0.15) is 0 Å². The van der Waals surface area contributed by atoms with E-state index in [1.165, 1.54) is 0 Å². The summed E-state index contributed by atoms with van der Waals surface area (Å²) in [5, 5.41) is 0. The highest BCUT2D eigenvalue weighted by molar-refractivity contribution is 6.06. The molecule has 0 unspecified atom stereocenters. The number of ketones is 2. The summed E-state index contributed by atoms with van der Waals surface area (Å²) >= 11 is 0. The number of Topliss-reactive ketones (excluding diaryl/α,β-unsaturated/α-hetero) is 2. The number of ether oxygens (including phenoxy) is 2. The summed E-state index contributed by atoms with van der Waals surface area (Å²) in [6, 6.07) is 5.93. The summed E-state index contributed by atoms with van der Waals surface area (Å²) < 4.78 is 11.9. The van der Waals surface area contributed by atoms with Crippen LogP contribution in [0.4, 0.5) is 0 Å². The quantitative estimate of drug-likeness (QED) is 0.501. The topological polar surface area (TPSA) is 55.8 Å². The molecular weight excluding hydrogens is 426 g/mol. The third kappa shape index (κ3) is 4.42. The zero-order valence-corrected chi connectivity index (χ0v) is 21.8. The SMILES string of the molecule is CCCOc1ccc(C2C3=C(CC(C)(C)CC3=O)N(C)C3=C2C(=O)CC(C)(C)C3)cc1OCC. The van der Waals surface area contributed by atoms with E-state index >= 15 is 0 Å². The van der Waals surface area contributed by atoms with Crippen LogP contribution in [-0.2, 0) is 9.59 Å². The Morgan fingerprint density at radius 2 is 1.41 bits per heavy atom. The maximum Gasteiger partial charge on any atom is 0.162 e. The maximum absolute atomic E-state index is 13.6. The normalized spacial score (nSPS) is 22.0. The van der Waals surface area contributed by atoms with E-state index in [0.717, 1.165) is 47.4 Å². The minimum atomic E-state index is -0.354. The molecule has 0 saturated carbocycles. The molecular formula is C29H39NO4. The zero-order chi connectivity index (χ0) is 24.8. The molecule has 34 heavy (non-hydrogen) atoms. The Kier molecular flexibility index (Phi) is 6.43. The fourth-order valence-corrected chi connectivity index (χ4v) is 5.80. The number of carbonyl (C=O) groups excluding carboxylic acids is 2. The molecule has 1 aliphatic heterocycles. The Morgan fingerprint density at radius 1 is 0.853 bits per heavy atom. The molecule has 4 rings (SSSR count). The van der Waals surface area contributed by atoms with Crippen molar-refractivity contribution < 1.29 is 19.1 Å². The van der Waals surface area contributed by atoms with Gasteiger partial charge in [-0.25, -0.2) is 0 Å². The van der Waals surface area contributed by atoms with Gasteiger partial charge in [0.2, 0.25) is 0 Å². The highest BCUT2D eigenvalue weighted by Gasteiger charge is 2.48. The van der Waals surface area contributed by atoms with Crippen molar-refractivity contribution in [1.82, 2.24) is 4.90 Å². The molecule has 1 heterocycles. The maximum atomic E-state index is 13.6. The Morgan fingerprint density at radius 3 is 1.91 bits per heavy atom. The van der Waals surface area contributed by atoms with Gasteiger partial charge in [-0.05, 0) is 54.7 Å². The predicted molar refractivity (Wildman–Crippen MR) is 134 cm³/mol. The van der Waals surface area contributed by atoms with E-state index in [4.69, 9.17) is 9.47 Å². The van der Waals surface area contributed by atoms with Crippen LogP contribution in [0, 0.1) is 10.8 Å². The molecule has 5 nitrogen and oxygen atoms in total. The fourth-order valence-electron chi connectivity index (χ4n) is 5.80. The zero-order valence-electron chi connectivity index (χ0n) is 21.8. The van der Waals surface area contributed by atoms with Crippen LogP contribution in [0.3, 0.4) is 0 Å². The van der Waals surface area contributed by atoms with E-state index in [9.17, 15) is 9.59 Å². The molecule has 0 N–H and O–H groups in total. The smallest absolute Gasteiger partial charge is 0.162 e. The lowest BCUT2D eigenvalue weighted by molar-refractivity contribution is -0.119. The van der Waals surface area contributed by atoms with Crippen LogP contribution < -0.4 is 9.47 Å². The number of carbonyl (C=O) groups is 2. The van der Waals surface area contributed by atoms with Crippen LogP contribution in [0.15, 0.2) is 40.7 Å². The number of rotatable bonds is 6. The molecule has 184 valence electrons. The Bertz CT molecular complexity index is 1020. The first-order chi connectivity index (χ1) is 16.0. The minimum Gasteiger partial charge on any atom is -0.490 e. The molecule has 2 aliphatic carbocycles. The van der Waals surface area contributed by atoms with Crippen molar-refractivity contribution in [3.05, 3.63) is 46.3 Å². The second-order valence-electron chi connectivity index (χ2n) is 11.6. The molecule has 0 spiro atoms. The Hall–Kier alpha value is -2.56. The van der Waals surface area contributed by atoms with Crippen molar-refractivity contribution in [1.29, 1.82) is 0 Å². The van der Waals surface area contributed by atoms with Gasteiger partial charge in [-0.1, -0.05) is 40.7 Å². The number of allylic oxidation sites excluding steroid dienone is 4. The van der Waals surface area contributed by atoms with Gasteiger partial charge in [0.05, 0.1) is 13.2 Å². The van der Waals surface area contributed by atoms with Crippen molar-refractivity contribution in [2.24, 2.45) is 10.8 Å². The summed E-state index contributed by atoms with van der Waals surface area (Å²) in [6.07, 6.45) is 3.54. The number of benzene rings is 1. The van der Waals surface area contributed by atoms with Gasteiger partial charge in [-0.2, -0.15) is 0 Å². The molecule has 3 aliphatic rings. The Labute approximate surface area is 204 Å². The minimum absolute atomic E-state index is 0.102. The molecule has 0 bridgehead atoms. The lowest BCUT2D eigenvalue weighted by atomic mass is 9.64. The number of nitrogens with zero attached hydrogens (tertiary/aromatic N) is 1. The van der Waals surface area contributed by atoms with Crippen molar-refractivity contribution in [2.75, 3.05) is 20.3 Å². The number of hydrogen-bond donors (Lipinski definition) is 0. The van der Waals surface area contributed by atoms with E-state index in [1.54, 1.807) is 0 Å². The van der Waals surface area contributed by atoms with Crippen LogP contribution in [0.25, 0.3) is 0 Å². The molecule has 5 heteroatoms. The third-order valence-corrected chi connectivity index (χ3v) is 7.24. The summed E-state index contributed by atoms with van der Waals surface area (Å²) in [5.74, 6) is 1.32. The van der Waals surface area contributed by atoms with Crippen molar-refractivity contribution in [3.8, 4) is 11.5 Å². The first-order valence-electron chi connectivity index (χ1n) is 12.6. The Balaban J connectivity index is 1.91. The van der Waals surface area contributed by atoms with Crippen LogP contribution in [-0.4, -0.2) is 36.7 Å². The fraction of sp³-hybridized carbons (Fsp3) is 0.586. The average Bonchev–Trinajstić information content (AvgIpc) is 2.73. The third-order valence-electron chi connectivity index (χ3n) is 7.24. The van der Waals surface area contributed by atoms with Crippen molar-refractivity contribution in [2.45, 2.75) is 79.6 Å². The van der Waals surface area contributed by atoms with E-state index in [0.29, 0.717) is 37.6 Å². The first-order valence-corrected chi connectivity index (χ1v) is 12.6. The van der Waals surface area contributed by atoms with E-state index in [2.05, 4.69) is 39.5 Å². The van der Waals surface area contributed by atoms with Crippen LogP contribution >= 0.6 is 0 Å². The lowest BCUT2D eigenvalue weighted by Crippen LogP contribution is -2.43. The van der Waals surface area contributed by atoms with E-state index < -0.39 is 0 Å². The molecule has 0 atom stereocenters. The highest BCUT2D eigenvalue weighted by Crippen LogP contribution is 2.54. The standard InChI is InChI=1S/C29H39NO4/c1-8-12-34-23-11-10-18(13-24(23)33-9-2)25-26-19(14-28(3,4)16-21(26)31)30(7)20-15-29(5,6)17-22(32)27(20)25/h10-11,13,25H,8-9,12,14-17H2,1-7H3. The van der Waals surface area contributed by atoms with Gasteiger partial charge in [-0.3, -0.25) is 9.59 Å². The van der Waals surface area contributed by atoms with Crippen LogP contribution in [0.1, 0.15) is 85.1 Å². The van der Waals surface area contributed by atoms with Gasteiger partial charge in [0.25, 0.3) is 0 Å². The van der Waals surface area contributed by atoms with Crippen molar-refractivity contribution in [3.63, 3.8) is 0 Å². The molecule has 0 fully saturated rings. The summed E-state index contributed by atoms with van der Waals surface area (Å²) in [5.41, 5.74) is 4.45. The molecule has 0 radical (unpaired) electrons. The molecule has 0 aromatic heterocycles. The molecule has 1 aromatic carbocycles. The van der Waals surface area contributed by atoms with Gasteiger partial charge < -0.3 is 14.4 Å². The average molecular weight is 466 g/mol. The van der Waals surface area contributed by atoms with Crippen molar-refractivity contribution >= 4 is 11.6 Å². The molecule has 1 aromatic rings. The second kappa shape index (κ2) is 8.90. The van der Waals surface area contributed by atoms with Gasteiger partial charge in [0.15, 0.2) is 23.1 Å². The van der Waals surface area contributed by atoms with Gasteiger partial charge in [0, 0.05) is 48.3 Å². The number of hydrogen-bond acceptors (Lipinski definition) is 5. The van der Waals surface area contributed by atoms with Crippen LogP contribution in [0.5, 0.6) is 11.5 Å². The molecule has 0 amide bonds. The predicted octanol–water partition coefficient (Wildman–Crippen LogP) is 6.19. The van der Waals surface area contributed by atoms with Crippen LogP contribution in [0.2, 0.25) is 0 Å². The monoisotopic (exact) mass is 465 g/mol. The largest absolute Gasteiger partial charge is 0.490 e. The van der Waals surface area contributed by atoms with Gasteiger partial charge in [-0.15, -0.1) is 0 Å². The first kappa shape index (κ1) is 24.6. The van der Waals surface area contributed by atoms with E-state index in [-0.39, 0.29) is 28.3 Å². The molecule has 0 saturated heterocycles. The summed E-state index contributed by atoms with van der Waals surface area (Å²) in [4.78, 5) is 29.4. The van der Waals surface area contributed by atoms with E-state index in [1.807, 2.05) is 32.2 Å². The van der Waals surface area contributed by atoms with Gasteiger partial charge >= 0.3 is 0 Å². The lowest BCUT2D eigenvalue weighted by Gasteiger charge is -2.47.